The van der Waals surface area contributed by atoms with Crippen LogP contribution >= 0.6 is 0 Å². The van der Waals surface area contributed by atoms with Gasteiger partial charge in [0.2, 0.25) is 5.91 Å². The lowest BCUT2D eigenvalue weighted by Gasteiger charge is -2.41. The Labute approximate surface area is 256 Å². The van der Waals surface area contributed by atoms with Gasteiger partial charge in [-0.15, -0.1) is 0 Å². The Morgan fingerprint density at radius 1 is 1.02 bits per heavy atom. The molecule has 8 nitrogen and oxygen atoms in total. The number of amides is 2. The third-order valence-corrected chi connectivity index (χ3v) is 10.1. The number of aryl methyl sites for hydroxylation is 1. The fourth-order valence-electron chi connectivity index (χ4n) is 7.36. The molecule has 5 rings (SSSR count). The molecular weight excluding hydrogens is 538 g/mol. The molecule has 3 aliphatic heterocycles. The van der Waals surface area contributed by atoms with Crippen LogP contribution < -0.4 is 5.32 Å². The Morgan fingerprint density at radius 3 is 2.37 bits per heavy atom. The highest BCUT2D eigenvalue weighted by molar-refractivity contribution is 6.35. The van der Waals surface area contributed by atoms with E-state index in [1.807, 2.05) is 30.9 Å². The Hall–Kier alpha value is -3.23. The van der Waals surface area contributed by atoms with Gasteiger partial charge < -0.3 is 25.0 Å². The van der Waals surface area contributed by atoms with Crippen molar-refractivity contribution >= 4 is 34.9 Å². The summed E-state index contributed by atoms with van der Waals surface area (Å²) in [7, 11) is 0. The second-order valence-corrected chi connectivity index (χ2v) is 12.6. The number of nitrogens with zero attached hydrogens (tertiary/aromatic N) is 3. The number of nitrogens with one attached hydrogen (secondary N) is 2. The second kappa shape index (κ2) is 13.6. The van der Waals surface area contributed by atoms with Crippen LogP contribution in [0.4, 0.5) is 5.69 Å². The third kappa shape index (κ3) is 6.80. The number of Topliss-reactive ketones (excluding diaryl/α,β-unsaturated/α-hetero) is 1. The second-order valence-electron chi connectivity index (χ2n) is 12.6. The van der Waals surface area contributed by atoms with Crippen LogP contribution in [0.2, 0.25) is 0 Å². The van der Waals surface area contributed by atoms with E-state index in [1.54, 1.807) is 6.92 Å². The number of ketones is 1. The molecule has 43 heavy (non-hydrogen) atoms. The van der Waals surface area contributed by atoms with Crippen LogP contribution in [0.1, 0.15) is 104 Å². The maximum absolute atomic E-state index is 13.2. The predicted molar refractivity (Wildman–Crippen MR) is 173 cm³/mol. The third-order valence-electron chi connectivity index (χ3n) is 10.1. The lowest BCUT2D eigenvalue weighted by molar-refractivity contribution is -0.130. The van der Waals surface area contributed by atoms with Crippen molar-refractivity contribution in [2.75, 3.05) is 51.1 Å². The van der Waals surface area contributed by atoms with Crippen LogP contribution in [-0.2, 0) is 9.59 Å². The number of rotatable bonds is 10. The number of fused-ring (bicyclic) bond motifs is 1. The van der Waals surface area contributed by atoms with Gasteiger partial charge in [-0.1, -0.05) is 19.9 Å². The summed E-state index contributed by atoms with van der Waals surface area (Å²) in [6.07, 6.45) is 7.61. The first kappa shape index (κ1) is 31.2. The van der Waals surface area contributed by atoms with Crippen molar-refractivity contribution in [3.8, 4) is 0 Å². The van der Waals surface area contributed by atoms with Crippen LogP contribution in [0.5, 0.6) is 0 Å². The van der Waals surface area contributed by atoms with Crippen molar-refractivity contribution in [2.24, 2.45) is 0 Å². The Balaban J connectivity index is 1.26. The number of H-pyrrole nitrogens is 1. The molecule has 0 radical (unpaired) electrons. The average molecular weight is 588 g/mol. The fraction of sp³-hybridized carbons (Fsp3) is 0.571. The maximum atomic E-state index is 13.2. The molecule has 0 spiro atoms. The van der Waals surface area contributed by atoms with Crippen molar-refractivity contribution in [3.63, 3.8) is 0 Å². The highest BCUT2D eigenvalue weighted by Crippen LogP contribution is 2.38. The fourth-order valence-corrected chi connectivity index (χ4v) is 7.36. The minimum absolute atomic E-state index is 0.0994. The van der Waals surface area contributed by atoms with E-state index in [0.29, 0.717) is 24.0 Å². The first-order valence-electron chi connectivity index (χ1n) is 16.3. The van der Waals surface area contributed by atoms with Gasteiger partial charge in [0.25, 0.3) is 5.91 Å². The molecule has 0 atom stereocenters. The van der Waals surface area contributed by atoms with Gasteiger partial charge in [-0.25, -0.2) is 0 Å². The van der Waals surface area contributed by atoms with Crippen LogP contribution in [-0.4, -0.2) is 89.1 Å². The molecule has 1 aromatic carbocycles. The number of carbonyl (C=O) groups is 3. The van der Waals surface area contributed by atoms with Gasteiger partial charge in [0.15, 0.2) is 5.78 Å². The number of hydrogen-bond donors (Lipinski definition) is 2. The lowest BCUT2D eigenvalue weighted by atomic mass is 9.86. The summed E-state index contributed by atoms with van der Waals surface area (Å²) in [5, 5.41) is 3.04. The summed E-state index contributed by atoms with van der Waals surface area (Å²) in [6.45, 7) is 16.7. The maximum Gasteiger partial charge on any atom is 0.256 e. The number of hydrogen-bond acceptors (Lipinski definition) is 5. The molecule has 2 saturated heterocycles. The van der Waals surface area contributed by atoms with Crippen LogP contribution in [0.15, 0.2) is 18.2 Å². The smallest absolute Gasteiger partial charge is 0.256 e. The molecule has 8 heteroatoms. The van der Waals surface area contributed by atoms with Crippen LogP contribution in [0, 0.1) is 13.8 Å². The number of aromatic amines is 1. The molecule has 2 aromatic rings. The normalized spacial score (nSPS) is 19.3. The standard InChI is InChI=1S/C35H49N5O3/c1-6-38(7-2)16-8-9-33(42)34-23(3)32(36-24(34)4)22-30-29-21-27(10-11-31(29)37-35(30)43)26-12-17-40(18-13-26)28-14-19-39(20-15-28)25(5)41/h10-11,21-22,26,28,36H,6-9,12-20H2,1-5H3,(H,37,43)/b30-22-. The van der Waals surface area contributed by atoms with Gasteiger partial charge in [0.05, 0.1) is 5.57 Å². The van der Waals surface area contributed by atoms with E-state index < -0.39 is 0 Å². The van der Waals surface area contributed by atoms with Crippen molar-refractivity contribution in [3.05, 3.63) is 51.8 Å². The molecule has 232 valence electrons. The van der Waals surface area contributed by atoms with Gasteiger partial charge in [-0.2, -0.15) is 0 Å². The van der Waals surface area contributed by atoms with E-state index in [0.717, 1.165) is 112 Å². The monoisotopic (exact) mass is 587 g/mol. The first-order valence-corrected chi connectivity index (χ1v) is 16.3. The van der Waals surface area contributed by atoms with E-state index in [4.69, 9.17) is 0 Å². The average Bonchev–Trinajstić information content (AvgIpc) is 3.48. The summed E-state index contributed by atoms with van der Waals surface area (Å²) >= 11 is 0. The minimum atomic E-state index is -0.0994. The molecule has 0 saturated carbocycles. The van der Waals surface area contributed by atoms with E-state index in [1.165, 1.54) is 5.56 Å². The molecule has 0 aliphatic carbocycles. The topological polar surface area (TPSA) is 88.8 Å². The summed E-state index contributed by atoms with van der Waals surface area (Å²) in [6, 6.07) is 6.99. The summed E-state index contributed by atoms with van der Waals surface area (Å²) in [4.78, 5) is 48.3. The van der Waals surface area contributed by atoms with E-state index in [2.05, 4.69) is 46.1 Å². The molecule has 1 aromatic heterocycles. The zero-order chi connectivity index (χ0) is 30.7. The van der Waals surface area contributed by atoms with Crippen molar-refractivity contribution < 1.29 is 14.4 Å². The largest absolute Gasteiger partial charge is 0.358 e. The number of benzene rings is 1. The Bertz CT molecular complexity index is 1370. The molecule has 0 unspecified atom stereocenters. The van der Waals surface area contributed by atoms with Crippen LogP contribution in [0.25, 0.3) is 11.6 Å². The van der Waals surface area contributed by atoms with Crippen molar-refractivity contribution in [1.29, 1.82) is 0 Å². The summed E-state index contributed by atoms with van der Waals surface area (Å²) in [5.74, 6) is 0.716. The van der Waals surface area contributed by atoms with E-state index in [9.17, 15) is 14.4 Å². The van der Waals surface area contributed by atoms with Gasteiger partial charge in [0, 0.05) is 60.7 Å². The molecule has 2 amide bonds. The van der Waals surface area contributed by atoms with E-state index >= 15 is 0 Å². The predicted octanol–water partition coefficient (Wildman–Crippen LogP) is 5.62. The zero-order valence-corrected chi connectivity index (χ0v) is 26.7. The first-order chi connectivity index (χ1) is 20.7. The Morgan fingerprint density at radius 2 is 1.72 bits per heavy atom. The number of likely N-dealkylation sites (tertiary alicyclic amines) is 2. The molecule has 0 bridgehead atoms. The quantitative estimate of drug-likeness (QED) is 0.278. The van der Waals surface area contributed by atoms with Gasteiger partial charge >= 0.3 is 0 Å². The zero-order valence-electron chi connectivity index (χ0n) is 26.7. The number of carbonyl (C=O) groups excluding carboxylic acids is 3. The number of piperidine rings is 2. The van der Waals surface area contributed by atoms with Gasteiger partial charge in [-0.05, 0) is 114 Å². The summed E-state index contributed by atoms with van der Waals surface area (Å²) < 4.78 is 0. The number of anilines is 1. The van der Waals surface area contributed by atoms with Crippen molar-refractivity contribution in [1.82, 2.24) is 19.7 Å². The van der Waals surface area contributed by atoms with Crippen molar-refractivity contribution in [2.45, 2.75) is 85.1 Å². The SMILES string of the molecule is CCN(CC)CCCC(=O)c1c(C)[nH]c(/C=C2\C(=O)Nc3ccc(C4CCN(C5CCN(C(C)=O)CC5)CC4)cc32)c1C. The highest BCUT2D eigenvalue weighted by atomic mass is 16.2. The highest BCUT2D eigenvalue weighted by Gasteiger charge is 2.31. The van der Waals surface area contributed by atoms with Gasteiger partial charge in [0.1, 0.15) is 0 Å². The Kier molecular flexibility index (Phi) is 9.87. The van der Waals surface area contributed by atoms with Gasteiger partial charge in [-0.3, -0.25) is 14.4 Å². The van der Waals surface area contributed by atoms with E-state index in [-0.39, 0.29) is 17.6 Å². The molecule has 4 heterocycles. The molecular formula is C35H49N5O3. The lowest BCUT2D eigenvalue weighted by Crippen LogP contribution is -2.48. The summed E-state index contributed by atoms with van der Waals surface area (Å²) in [5.41, 5.74) is 7.10. The minimum Gasteiger partial charge on any atom is -0.358 e. The molecule has 2 fully saturated rings. The number of aromatic nitrogens is 1. The molecule has 2 N–H and O–H groups in total. The van der Waals surface area contributed by atoms with Crippen LogP contribution in [0.3, 0.4) is 0 Å². The molecule has 3 aliphatic rings.